The van der Waals surface area contributed by atoms with Crippen LogP contribution in [-0.4, -0.2) is 45.1 Å². The Morgan fingerprint density at radius 1 is 1.28 bits per heavy atom. The van der Waals surface area contributed by atoms with Crippen LogP contribution >= 0.6 is 11.8 Å². The number of anilines is 1. The molecule has 3 rings (SSSR count). The van der Waals surface area contributed by atoms with Crippen LogP contribution in [0.25, 0.3) is 0 Å². The fourth-order valence-electron chi connectivity index (χ4n) is 3.31. The molecule has 0 aromatic heterocycles. The van der Waals surface area contributed by atoms with Gasteiger partial charge in [0.1, 0.15) is 16.5 Å². The maximum Gasteiger partial charge on any atom is 0.246 e. The molecule has 1 heterocycles. The second-order valence-corrected chi connectivity index (χ2v) is 9.50. The average molecular weight is 439 g/mol. The van der Waals surface area contributed by atoms with Gasteiger partial charge in [0.15, 0.2) is 0 Å². The van der Waals surface area contributed by atoms with E-state index in [4.69, 9.17) is 4.74 Å². The topological polar surface area (TPSA) is 75.7 Å². The van der Waals surface area contributed by atoms with Crippen LogP contribution in [0, 0.1) is 11.7 Å². The summed E-state index contributed by atoms with van der Waals surface area (Å²) in [7, 11) is -2.66. The number of benzene rings is 2. The second kappa shape index (κ2) is 9.15. The van der Waals surface area contributed by atoms with Gasteiger partial charge in [-0.05, 0) is 55.5 Å². The van der Waals surface area contributed by atoms with Gasteiger partial charge in [0, 0.05) is 23.7 Å². The normalized spacial score (nSPS) is 17.7. The number of nitrogens with one attached hydrogen (secondary N) is 1. The van der Waals surface area contributed by atoms with E-state index in [9.17, 15) is 17.6 Å². The largest absolute Gasteiger partial charge is 0.495 e. The first-order chi connectivity index (χ1) is 13.8. The first-order valence-corrected chi connectivity index (χ1v) is 11.8. The molecule has 0 radical (unpaired) electrons. The Balaban J connectivity index is 1.77. The van der Waals surface area contributed by atoms with E-state index >= 15 is 0 Å². The highest BCUT2D eigenvalue weighted by atomic mass is 32.2. The fourth-order valence-corrected chi connectivity index (χ4v) is 5.46. The number of piperidine rings is 1. The number of thioether (sulfide) groups is 1. The van der Waals surface area contributed by atoms with Crippen LogP contribution in [0.4, 0.5) is 10.1 Å². The smallest absolute Gasteiger partial charge is 0.246 e. The minimum atomic E-state index is -3.99. The number of halogens is 1. The van der Waals surface area contributed by atoms with Gasteiger partial charge in [-0.3, -0.25) is 4.79 Å². The molecule has 0 spiro atoms. The fraction of sp³-hybridized carbons (Fsp3) is 0.350. The molecule has 9 heteroatoms. The zero-order valence-electron chi connectivity index (χ0n) is 16.2. The van der Waals surface area contributed by atoms with E-state index in [1.54, 1.807) is 17.8 Å². The predicted molar refractivity (Wildman–Crippen MR) is 111 cm³/mol. The van der Waals surface area contributed by atoms with Crippen LogP contribution in [0.3, 0.4) is 0 Å². The minimum absolute atomic E-state index is 0.0378. The molecule has 1 fully saturated rings. The Morgan fingerprint density at radius 3 is 2.79 bits per heavy atom. The van der Waals surface area contributed by atoms with Crippen molar-refractivity contribution in [2.45, 2.75) is 22.6 Å². The number of nitrogens with zero attached hydrogens (tertiary/aromatic N) is 1. The number of ether oxygens (including phenoxy) is 1. The molecule has 1 amide bonds. The third kappa shape index (κ3) is 4.91. The third-order valence-electron chi connectivity index (χ3n) is 4.84. The summed E-state index contributed by atoms with van der Waals surface area (Å²) in [6.45, 7) is 0.309. The standard InChI is InChI=1S/C20H23FN2O4S2/c1-27-18-9-8-15(21)11-19(18)29(25,26)23-10-4-5-14(13-23)20(24)22-16-6-3-7-17(12-16)28-2/h3,6-9,11-12,14H,4-5,10,13H2,1-2H3,(H,22,24)/t14-/m0/s1. The molecule has 2 aromatic carbocycles. The molecule has 1 aliphatic heterocycles. The van der Waals surface area contributed by atoms with Crippen molar-refractivity contribution in [2.24, 2.45) is 5.92 Å². The minimum Gasteiger partial charge on any atom is -0.495 e. The van der Waals surface area contributed by atoms with Gasteiger partial charge >= 0.3 is 0 Å². The molecular formula is C20H23FN2O4S2. The van der Waals surface area contributed by atoms with Crippen molar-refractivity contribution in [1.29, 1.82) is 0 Å². The SMILES string of the molecule is COc1ccc(F)cc1S(=O)(=O)N1CCC[C@H](C(=O)Nc2cccc(SC)c2)C1. The third-order valence-corrected chi connectivity index (χ3v) is 7.45. The number of amides is 1. The summed E-state index contributed by atoms with van der Waals surface area (Å²) in [6.07, 6.45) is 3.08. The molecule has 1 atom stereocenters. The molecule has 1 N–H and O–H groups in total. The van der Waals surface area contributed by atoms with Gasteiger partial charge in [-0.15, -0.1) is 11.8 Å². The van der Waals surface area contributed by atoms with Crippen molar-refractivity contribution in [3.8, 4) is 5.75 Å². The quantitative estimate of drug-likeness (QED) is 0.698. The van der Waals surface area contributed by atoms with Crippen LogP contribution in [0.1, 0.15) is 12.8 Å². The molecule has 2 aromatic rings. The number of hydrogen-bond acceptors (Lipinski definition) is 5. The van der Waals surface area contributed by atoms with Gasteiger partial charge in [-0.2, -0.15) is 4.31 Å². The first kappa shape index (κ1) is 21.6. The summed E-state index contributed by atoms with van der Waals surface area (Å²) < 4.78 is 46.2. The molecular weight excluding hydrogens is 415 g/mol. The van der Waals surface area contributed by atoms with E-state index in [1.165, 1.54) is 17.5 Å². The zero-order valence-corrected chi connectivity index (χ0v) is 17.9. The average Bonchev–Trinajstić information content (AvgIpc) is 2.74. The Morgan fingerprint density at radius 2 is 2.07 bits per heavy atom. The molecule has 0 bridgehead atoms. The summed E-state index contributed by atoms with van der Waals surface area (Å²) >= 11 is 1.57. The maximum atomic E-state index is 13.7. The van der Waals surface area contributed by atoms with Crippen LogP contribution in [-0.2, 0) is 14.8 Å². The van der Waals surface area contributed by atoms with E-state index < -0.39 is 21.8 Å². The number of methoxy groups -OCH3 is 1. The molecule has 156 valence electrons. The van der Waals surface area contributed by atoms with Crippen molar-refractivity contribution in [3.63, 3.8) is 0 Å². The molecule has 0 unspecified atom stereocenters. The van der Waals surface area contributed by atoms with Gasteiger partial charge in [0.25, 0.3) is 0 Å². The second-order valence-electron chi connectivity index (χ2n) is 6.72. The lowest BCUT2D eigenvalue weighted by atomic mass is 9.99. The molecule has 29 heavy (non-hydrogen) atoms. The maximum absolute atomic E-state index is 13.7. The van der Waals surface area contributed by atoms with E-state index in [1.807, 2.05) is 24.5 Å². The highest BCUT2D eigenvalue weighted by molar-refractivity contribution is 7.98. The van der Waals surface area contributed by atoms with E-state index in [2.05, 4.69) is 5.32 Å². The Kier molecular flexibility index (Phi) is 6.81. The Hall–Kier alpha value is -2.10. The summed E-state index contributed by atoms with van der Waals surface area (Å²) in [5, 5.41) is 2.87. The van der Waals surface area contributed by atoms with Crippen LogP contribution in [0.15, 0.2) is 52.3 Å². The lowest BCUT2D eigenvalue weighted by Crippen LogP contribution is -2.43. The van der Waals surface area contributed by atoms with E-state index in [-0.39, 0.29) is 29.6 Å². The monoisotopic (exact) mass is 438 g/mol. The lowest BCUT2D eigenvalue weighted by molar-refractivity contribution is -0.120. The van der Waals surface area contributed by atoms with Crippen molar-refractivity contribution in [2.75, 3.05) is 31.8 Å². The van der Waals surface area contributed by atoms with Crippen molar-refractivity contribution < 1.29 is 22.3 Å². The summed E-state index contributed by atoms with van der Waals surface area (Å²) in [5.74, 6) is -1.30. The van der Waals surface area contributed by atoms with E-state index in [0.717, 1.165) is 17.0 Å². The number of rotatable bonds is 6. The Bertz CT molecular complexity index is 998. The molecule has 1 saturated heterocycles. The predicted octanol–water partition coefficient (Wildman–Crippen LogP) is 3.60. The Labute approximate surface area is 174 Å². The summed E-state index contributed by atoms with van der Waals surface area (Å²) in [4.78, 5) is 13.5. The molecule has 1 aliphatic rings. The molecule has 6 nitrogen and oxygen atoms in total. The van der Waals surface area contributed by atoms with Crippen molar-refractivity contribution >= 4 is 33.4 Å². The van der Waals surface area contributed by atoms with Crippen molar-refractivity contribution in [1.82, 2.24) is 4.31 Å². The first-order valence-electron chi connectivity index (χ1n) is 9.13. The van der Waals surface area contributed by atoms with Crippen LogP contribution in [0.5, 0.6) is 5.75 Å². The lowest BCUT2D eigenvalue weighted by Gasteiger charge is -2.31. The molecule has 0 saturated carbocycles. The highest BCUT2D eigenvalue weighted by Crippen LogP contribution is 2.31. The van der Waals surface area contributed by atoms with Gasteiger partial charge in [0.2, 0.25) is 15.9 Å². The van der Waals surface area contributed by atoms with Crippen LogP contribution < -0.4 is 10.1 Å². The van der Waals surface area contributed by atoms with Gasteiger partial charge in [0.05, 0.1) is 13.0 Å². The van der Waals surface area contributed by atoms with E-state index in [0.29, 0.717) is 18.5 Å². The van der Waals surface area contributed by atoms with Gasteiger partial charge < -0.3 is 10.1 Å². The van der Waals surface area contributed by atoms with Gasteiger partial charge in [-0.1, -0.05) is 6.07 Å². The summed E-state index contributed by atoms with van der Waals surface area (Å²) in [5.41, 5.74) is 0.675. The van der Waals surface area contributed by atoms with Gasteiger partial charge in [-0.25, -0.2) is 12.8 Å². The number of hydrogen-bond donors (Lipinski definition) is 1. The number of carbonyl (C=O) groups is 1. The summed E-state index contributed by atoms with van der Waals surface area (Å²) in [6, 6.07) is 10.9. The zero-order chi connectivity index (χ0) is 21.0. The molecule has 0 aliphatic carbocycles. The number of sulfonamides is 1. The van der Waals surface area contributed by atoms with Crippen LogP contribution in [0.2, 0.25) is 0 Å². The van der Waals surface area contributed by atoms with Crippen molar-refractivity contribution in [3.05, 3.63) is 48.3 Å². The number of carbonyl (C=O) groups excluding carboxylic acids is 1. The highest BCUT2D eigenvalue weighted by Gasteiger charge is 2.35.